The first-order valence-corrected chi connectivity index (χ1v) is 5.39. The van der Waals surface area contributed by atoms with Gasteiger partial charge in [0.2, 0.25) is 0 Å². The highest BCUT2D eigenvalue weighted by atomic mass is 16.3. The van der Waals surface area contributed by atoms with Gasteiger partial charge in [0.05, 0.1) is 12.9 Å². The number of carbonyl (C=O) groups excluding carboxylic acids is 1. The van der Waals surface area contributed by atoms with Crippen molar-refractivity contribution >= 4 is 12.0 Å². The summed E-state index contributed by atoms with van der Waals surface area (Å²) in [6, 6.07) is 5.15. The Balaban J connectivity index is 2.90. The zero-order valence-electron chi connectivity index (χ0n) is 9.87. The normalized spacial score (nSPS) is 10.8. The quantitative estimate of drug-likeness (QED) is 0.464. The number of hydrogen-bond donors (Lipinski definition) is 1. The summed E-state index contributed by atoms with van der Waals surface area (Å²) in [6.45, 7) is 3.79. The summed E-state index contributed by atoms with van der Waals surface area (Å²) >= 11 is 0. The second-order valence-corrected chi connectivity index (χ2v) is 3.45. The van der Waals surface area contributed by atoms with E-state index >= 15 is 0 Å². The largest absolute Gasteiger partial charge is 0.465 e. The molecule has 94 valence electrons. The number of aliphatic hydroxyl groups excluding tert-OH is 1. The van der Waals surface area contributed by atoms with E-state index in [2.05, 4.69) is 6.58 Å². The monoisotopic (exact) mass is 246 g/mol. The number of aliphatic hydroxyl groups is 1. The first-order valence-electron chi connectivity index (χ1n) is 5.39. The highest BCUT2D eigenvalue weighted by molar-refractivity contribution is 6.01. The Morgan fingerprint density at radius 3 is 2.94 bits per heavy atom. The number of carbonyl (C=O) groups is 1. The average molecular weight is 246 g/mol. The Hall–Kier alpha value is -2.32. The number of furan rings is 1. The van der Waals surface area contributed by atoms with Crippen molar-refractivity contribution < 1.29 is 14.3 Å². The summed E-state index contributed by atoms with van der Waals surface area (Å²) in [7, 11) is 0. The van der Waals surface area contributed by atoms with Gasteiger partial charge in [-0.3, -0.25) is 4.79 Å². The maximum Gasteiger partial charge on any atom is 0.265 e. The van der Waals surface area contributed by atoms with Crippen LogP contribution in [0.25, 0.3) is 6.08 Å². The van der Waals surface area contributed by atoms with Crippen LogP contribution in [0.3, 0.4) is 0 Å². The Labute approximate surface area is 105 Å². The molecule has 0 aliphatic rings. The van der Waals surface area contributed by atoms with E-state index in [1.165, 1.54) is 23.3 Å². The second-order valence-electron chi connectivity index (χ2n) is 3.45. The number of nitriles is 1. The van der Waals surface area contributed by atoms with Gasteiger partial charge in [-0.15, -0.1) is 6.58 Å². The molecule has 1 rings (SSSR count). The summed E-state index contributed by atoms with van der Waals surface area (Å²) < 4.78 is 5.05. The summed E-state index contributed by atoms with van der Waals surface area (Å²) in [6.07, 6.45) is 4.37. The van der Waals surface area contributed by atoms with Crippen molar-refractivity contribution in [3.8, 4) is 6.07 Å². The lowest BCUT2D eigenvalue weighted by molar-refractivity contribution is -0.126. The van der Waals surface area contributed by atoms with Crippen LogP contribution in [0, 0.1) is 11.3 Å². The molecule has 18 heavy (non-hydrogen) atoms. The summed E-state index contributed by atoms with van der Waals surface area (Å²) in [4.78, 5) is 13.4. The molecule has 0 aliphatic carbocycles. The third-order valence-electron chi connectivity index (χ3n) is 2.19. The molecule has 0 unspecified atom stereocenters. The fraction of sp³-hybridized carbons (Fsp3) is 0.231. The standard InChI is InChI=1S/C13H14N2O3/c1-2-5-15(6-7-16)13(17)11(10-14)9-12-4-3-8-18-12/h2-4,8-9,16H,1,5-7H2/b11-9+. The highest BCUT2D eigenvalue weighted by Gasteiger charge is 2.17. The molecule has 0 fully saturated rings. The van der Waals surface area contributed by atoms with Gasteiger partial charge < -0.3 is 14.4 Å². The molecule has 5 heteroatoms. The van der Waals surface area contributed by atoms with Crippen molar-refractivity contribution in [3.63, 3.8) is 0 Å². The van der Waals surface area contributed by atoms with Crippen LogP contribution in [0.4, 0.5) is 0 Å². The molecule has 1 heterocycles. The van der Waals surface area contributed by atoms with Gasteiger partial charge in [-0.05, 0) is 12.1 Å². The van der Waals surface area contributed by atoms with Gasteiger partial charge in [0.1, 0.15) is 17.4 Å². The minimum Gasteiger partial charge on any atom is -0.465 e. The van der Waals surface area contributed by atoms with Gasteiger partial charge in [-0.25, -0.2) is 0 Å². The molecule has 5 nitrogen and oxygen atoms in total. The lowest BCUT2D eigenvalue weighted by Crippen LogP contribution is -2.34. The fourth-order valence-corrected chi connectivity index (χ4v) is 1.38. The minimum absolute atomic E-state index is 0.0414. The lowest BCUT2D eigenvalue weighted by Gasteiger charge is -2.19. The topological polar surface area (TPSA) is 77.5 Å². The Kier molecular flexibility index (Phi) is 5.42. The Morgan fingerprint density at radius 2 is 2.44 bits per heavy atom. The van der Waals surface area contributed by atoms with Crippen LogP contribution in [-0.4, -0.2) is 35.6 Å². The van der Waals surface area contributed by atoms with Gasteiger partial charge in [-0.1, -0.05) is 6.08 Å². The van der Waals surface area contributed by atoms with E-state index in [0.717, 1.165) is 0 Å². The lowest BCUT2D eigenvalue weighted by atomic mass is 10.2. The van der Waals surface area contributed by atoms with Crippen molar-refractivity contribution in [2.24, 2.45) is 0 Å². The molecule has 0 atom stereocenters. The van der Waals surface area contributed by atoms with Crippen LogP contribution in [-0.2, 0) is 4.79 Å². The average Bonchev–Trinajstić information content (AvgIpc) is 2.87. The molecule has 0 aliphatic heterocycles. The van der Waals surface area contributed by atoms with E-state index in [4.69, 9.17) is 14.8 Å². The van der Waals surface area contributed by atoms with E-state index in [0.29, 0.717) is 5.76 Å². The molecule has 0 saturated carbocycles. The molecule has 0 bridgehead atoms. The smallest absolute Gasteiger partial charge is 0.265 e. The Bertz CT molecular complexity index is 469. The summed E-state index contributed by atoms with van der Waals surface area (Å²) in [5.41, 5.74) is -0.0414. The van der Waals surface area contributed by atoms with Gasteiger partial charge in [0, 0.05) is 19.2 Å². The fourth-order valence-electron chi connectivity index (χ4n) is 1.38. The third-order valence-corrected chi connectivity index (χ3v) is 2.19. The predicted octanol–water partition coefficient (Wildman–Crippen LogP) is 1.19. The van der Waals surface area contributed by atoms with Crippen molar-refractivity contribution in [3.05, 3.63) is 42.4 Å². The number of hydrogen-bond acceptors (Lipinski definition) is 4. The molecular formula is C13H14N2O3. The predicted molar refractivity (Wildman–Crippen MR) is 66.2 cm³/mol. The summed E-state index contributed by atoms with van der Waals surface area (Å²) in [5, 5.41) is 17.9. The van der Waals surface area contributed by atoms with E-state index < -0.39 is 5.91 Å². The number of amides is 1. The molecule has 0 aromatic carbocycles. The molecule has 0 saturated heterocycles. The molecule has 1 N–H and O–H groups in total. The van der Waals surface area contributed by atoms with Crippen molar-refractivity contribution in [2.45, 2.75) is 0 Å². The van der Waals surface area contributed by atoms with Crippen LogP contribution in [0.15, 0.2) is 41.0 Å². The molecule has 0 radical (unpaired) electrons. The number of rotatable bonds is 6. The molecule has 0 spiro atoms. The van der Waals surface area contributed by atoms with Crippen LogP contribution < -0.4 is 0 Å². The Morgan fingerprint density at radius 1 is 1.67 bits per heavy atom. The van der Waals surface area contributed by atoms with Gasteiger partial charge >= 0.3 is 0 Å². The molecule has 1 aromatic heterocycles. The first-order chi connectivity index (χ1) is 8.72. The van der Waals surface area contributed by atoms with Crippen molar-refractivity contribution in [1.82, 2.24) is 4.90 Å². The van der Waals surface area contributed by atoms with Crippen LogP contribution in [0.5, 0.6) is 0 Å². The third kappa shape index (κ3) is 3.61. The molecular weight excluding hydrogens is 232 g/mol. The maximum atomic E-state index is 12.0. The van der Waals surface area contributed by atoms with E-state index in [1.54, 1.807) is 12.1 Å². The maximum absolute atomic E-state index is 12.0. The van der Waals surface area contributed by atoms with Crippen LogP contribution in [0.2, 0.25) is 0 Å². The van der Waals surface area contributed by atoms with Crippen LogP contribution in [0.1, 0.15) is 5.76 Å². The molecule has 1 amide bonds. The van der Waals surface area contributed by atoms with E-state index in [1.807, 2.05) is 6.07 Å². The zero-order valence-corrected chi connectivity index (χ0v) is 9.87. The van der Waals surface area contributed by atoms with E-state index in [9.17, 15) is 4.79 Å². The summed E-state index contributed by atoms with van der Waals surface area (Å²) in [5.74, 6) is -0.0229. The van der Waals surface area contributed by atoms with Crippen molar-refractivity contribution in [2.75, 3.05) is 19.7 Å². The zero-order chi connectivity index (χ0) is 13.4. The molecule has 1 aromatic rings. The van der Waals surface area contributed by atoms with Gasteiger partial charge in [-0.2, -0.15) is 5.26 Å². The second kappa shape index (κ2) is 7.09. The van der Waals surface area contributed by atoms with E-state index in [-0.39, 0.29) is 25.3 Å². The van der Waals surface area contributed by atoms with Crippen LogP contribution >= 0.6 is 0 Å². The number of nitrogens with zero attached hydrogens (tertiary/aromatic N) is 2. The van der Waals surface area contributed by atoms with Gasteiger partial charge in [0.25, 0.3) is 5.91 Å². The van der Waals surface area contributed by atoms with Crippen molar-refractivity contribution in [1.29, 1.82) is 5.26 Å². The van der Waals surface area contributed by atoms with Gasteiger partial charge in [0.15, 0.2) is 0 Å². The minimum atomic E-state index is -0.456. The highest BCUT2D eigenvalue weighted by Crippen LogP contribution is 2.09. The SMILES string of the molecule is C=CCN(CCO)C(=O)/C(C#N)=C/c1ccco1. The first kappa shape index (κ1) is 13.7.